The smallest absolute Gasteiger partial charge is 0.239 e. The first kappa shape index (κ1) is 17.0. The van der Waals surface area contributed by atoms with Gasteiger partial charge in [0.1, 0.15) is 5.76 Å². The Balaban J connectivity index is 1.96. The van der Waals surface area contributed by atoms with Gasteiger partial charge in [0.15, 0.2) is 11.5 Å². The summed E-state index contributed by atoms with van der Waals surface area (Å²) in [7, 11) is 3.07. The van der Waals surface area contributed by atoms with Crippen molar-refractivity contribution in [1.29, 1.82) is 0 Å². The molecule has 7 heteroatoms. The van der Waals surface area contributed by atoms with Crippen molar-refractivity contribution in [2.24, 2.45) is 0 Å². The van der Waals surface area contributed by atoms with Gasteiger partial charge in [-0.1, -0.05) is 11.6 Å². The van der Waals surface area contributed by atoms with Crippen LogP contribution in [-0.2, 0) is 4.79 Å². The highest BCUT2D eigenvalue weighted by molar-refractivity contribution is 6.33. The van der Waals surface area contributed by atoms with Crippen LogP contribution in [0.4, 0.5) is 5.69 Å². The first-order valence-electron chi connectivity index (χ1n) is 7.03. The number of hydrogen-bond donors (Lipinski definition) is 2. The summed E-state index contributed by atoms with van der Waals surface area (Å²) in [6, 6.07) is 6.69. The highest BCUT2D eigenvalue weighted by Crippen LogP contribution is 2.35. The summed E-state index contributed by atoms with van der Waals surface area (Å²) in [5.74, 6) is 1.57. The average molecular weight is 339 g/mol. The van der Waals surface area contributed by atoms with E-state index in [1.54, 1.807) is 24.5 Å². The lowest BCUT2D eigenvalue weighted by molar-refractivity contribution is -0.120. The molecule has 2 aromatic rings. The van der Waals surface area contributed by atoms with Gasteiger partial charge in [-0.2, -0.15) is 0 Å². The maximum atomic E-state index is 12.0. The van der Waals surface area contributed by atoms with Crippen LogP contribution in [-0.4, -0.2) is 26.7 Å². The van der Waals surface area contributed by atoms with Crippen molar-refractivity contribution in [1.82, 2.24) is 5.32 Å². The molecule has 0 saturated heterocycles. The van der Waals surface area contributed by atoms with E-state index in [0.29, 0.717) is 28.0 Å². The molecule has 0 saturated carbocycles. The third-order valence-corrected chi connectivity index (χ3v) is 3.57. The largest absolute Gasteiger partial charge is 0.493 e. The molecule has 1 aromatic heterocycles. The van der Waals surface area contributed by atoms with Crippen molar-refractivity contribution < 1.29 is 18.7 Å². The second-order valence-corrected chi connectivity index (χ2v) is 5.25. The molecule has 1 heterocycles. The van der Waals surface area contributed by atoms with Gasteiger partial charge in [-0.25, -0.2) is 0 Å². The molecule has 6 nitrogen and oxygen atoms in total. The van der Waals surface area contributed by atoms with E-state index in [0.717, 1.165) is 0 Å². The van der Waals surface area contributed by atoms with Gasteiger partial charge < -0.3 is 24.5 Å². The van der Waals surface area contributed by atoms with Crippen LogP contribution in [0.5, 0.6) is 11.5 Å². The summed E-state index contributed by atoms with van der Waals surface area (Å²) < 4.78 is 15.6. The predicted octanol–water partition coefficient (Wildman–Crippen LogP) is 3.24. The van der Waals surface area contributed by atoms with E-state index in [4.69, 9.17) is 25.5 Å². The molecule has 124 valence electrons. The summed E-state index contributed by atoms with van der Waals surface area (Å²) in [6.07, 6.45) is 1.57. The molecule has 0 spiro atoms. The number of ether oxygens (including phenoxy) is 2. The molecule has 0 aliphatic heterocycles. The Kier molecular flexibility index (Phi) is 5.76. The van der Waals surface area contributed by atoms with E-state index in [2.05, 4.69) is 10.6 Å². The molecule has 1 amide bonds. The van der Waals surface area contributed by atoms with Gasteiger partial charge in [0.05, 0.1) is 43.8 Å². The highest BCUT2D eigenvalue weighted by Gasteiger charge is 2.13. The first-order chi connectivity index (χ1) is 11.0. The Bertz CT molecular complexity index is 658. The SMILES string of the molecule is COc1cc(Cl)c(NCC(=O)NC(C)c2ccco2)cc1OC. The zero-order chi connectivity index (χ0) is 16.8. The molecule has 2 rings (SSSR count). The van der Waals surface area contributed by atoms with Gasteiger partial charge in [0, 0.05) is 12.1 Å². The number of amides is 1. The molecule has 0 aliphatic carbocycles. The third kappa shape index (κ3) is 4.32. The minimum absolute atomic E-state index is 0.0697. The zero-order valence-electron chi connectivity index (χ0n) is 13.2. The number of nitrogens with one attached hydrogen (secondary N) is 2. The van der Waals surface area contributed by atoms with E-state index in [9.17, 15) is 4.79 Å². The first-order valence-corrected chi connectivity index (χ1v) is 7.41. The number of halogens is 1. The molecule has 1 aromatic carbocycles. The lowest BCUT2D eigenvalue weighted by Crippen LogP contribution is -2.31. The molecule has 2 N–H and O–H groups in total. The number of hydrogen-bond acceptors (Lipinski definition) is 5. The Morgan fingerprint density at radius 3 is 2.61 bits per heavy atom. The number of methoxy groups -OCH3 is 2. The average Bonchev–Trinajstić information content (AvgIpc) is 3.07. The Labute approximate surface area is 139 Å². The number of carbonyl (C=O) groups is 1. The standard InChI is InChI=1S/C16H19ClN2O4/c1-10(13-5-4-6-23-13)19-16(20)9-18-12-8-15(22-3)14(21-2)7-11(12)17/h4-8,10,18H,9H2,1-3H3,(H,19,20). The van der Waals surface area contributed by atoms with Crippen LogP contribution in [0.2, 0.25) is 5.02 Å². The van der Waals surface area contributed by atoms with Crippen LogP contribution >= 0.6 is 11.6 Å². The van der Waals surface area contributed by atoms with Crippen molar-refractivity contribution in [2.45, 2.75) is 13.0 Å². The molecule has 0 radical (unpaired) electrons. The Morgan fingerprint density at radius 1 is 1.30 bits per heavy atom. The quantitative estimate of drug-likeness (QED) is 0.810. The second kappa shape index (κ2) is 7.78. The molecule has 0 fully saturated rings. The Hall–Kier alpha value is -2.34. The van der Waals surface area contributed by atoms with Gasteiger partial charge >= 0.3 is 0 Å². The monoisotopic (exact) mass is 338 g/mol. The molecule has 0 bridgehead atoms. The summed E-state index contributed by atoms with van der Waals surface area (Å²) in [6.45, 7) is 1.92. The fraction of sp³-hybridized carbons (Fsp3) is 0.312. The summed E-state index contributed by atoms with van der Waals surface area (Å²) in [5, 5.41) is 6.25. The summed E-state index contributed by atoms with van der Waals surface area (Å²) in [5.41, 5.74) is 0.588. The summed E-state index contributed by atoms with van der Waals surface area (Å²) in [4.78, 5) is 12.0. The van der Waals surface area contributed by atoms with Crippen LogP contribution in [0.1, 0.15) is 18.7 Å². The van der Waals surface area contributed by atoms with Crippen molar-refractivity contribution in [3.8, 4) is 11.5 Å². The maximum absolute atomic E-state index is 12.0. The minimum atomic E-state index is -0.208. The maximum Gasteiger partial charge on any atom is 0.239 e. The van der Waals surface area contributed by atoms with Gasteiger partial charge in [0.2, 0.25) is 5.91 Å². The number of anilines is 1. The van der Waals surface area contributed by atoms with Crippen molar-refractivity contribution in [3.05, 3.63) is 41.3 Å². The molecule has 0 aliphatic rings. The summed E-state index contributed by atoms with van der Waals surface area (Å²) >= 11 is 6.16. The lowest BCUT2D eigenvalue weighted by atomic mass is 10.2. The molecule has 23 heavy (non-hydrogen) atoms. The van der Waals surface area contributed by atoms with Crippen LogP contribution in [0, 0.1) is 0 Å². The van der Waals surface area contributed by atoms with E-state index < -0.39 is 0 Å². The van der Waals surface area contributed by atoms with E-state index in [-0.39, 0.29) is 18.5 Å². The van der Waals surface area contributed by atoms with E-state index in [1.807, 2.05) is 13.0 Å². The normalized spacial score (nSPS) is 11.7. The lowest BCUT2D eigenvalue weighted by Gasteiger charge is -2.15. The van der Waals surface area contributed by atoms with Gasteiger partial charge in [0.25, 0.3) is 0 Å². The molecule has 1 atom stereocenters. The van der Waals surface area contributed by atoms with E-state index >= 15 is 0 Å². The zero-order valence-corrected chi connectivity index (χ0v) is 13.9. The molecular weight excluding hydrogens is 320 g/mol. The van der Waals surface area contributed by atoms with Gasteiger partial charge in [-0.15, -0.1) is 0 Å². The predicted molar refractivity (Wildman–Crippen MR) is 88.3 cm³/mol. The fourth-order valence-corrected chi connectivity index (χ4v) is 2.29. The fourth-order valence-electron chi connectivity index (χ4n) is 2.07. The van der Waals surface area contributed by atoms with E-state index in [1.165, 1.54) is 14.2 Å². The van der Waals surface area contributed by atoms with Crippen molar-refractivity contribution in [3.63, 3.8) is 0 Å². The van der Waals surface area contributed by atoms with Crippen LogP contribution in [0.3, 0.4) is 0 Å². The van der Waals surface area contributed by atoms with Crippen molar-refractivity contribution in [2.75, 3.05) is 26.1 Å². The number of benzene rings is 1. The second-order valence-electron chi connectivity index (χ2n) is 4.85. The minimum Gasteiger partial charge on any atom is -0.493 e. The van der Waals surface area contributed by atoms with Gasteiger partial charge in [-0.05, 0) is 19.1 Å². The van der Waals surface area contributed by atoms with Gasteiger partial charge in [-0.3, -0.25) is 4.79 Å². The number of rotatable bonds is 7. The van der Waals surface area contributed by atoms with Crippen LogP contribution in [0.25, 0.3) is 0 Å². The number of furan rings is 1. The van der Waals surface area contributed by atoms with Crippen LogP contribution in [0.15, 0.2) is 34.9 Å². The third-order valence-electron chi connectivity index (χ3n) is 3.26. The van der Waals surface area contributed by atoms with Crippen LogP contribution < -0.4 is 20.1 Å². The molecular formula is C16H19ClN2O4. The number of carbonyl (C=O) groups excluding carboxylic acids is 1. The highest BCUT2D eigenvalue weighted by atomic mass is 35.5. The Morgan fingerprint density at radius 2 is 2.00 bits per heavy atom. The van der Waals surface area contributed by atoms with Crippen molar-refractivity contribution >= 4 is 23.2 Å². The topological polar surface area (TPSA) is 72.7 Å². The molecule has 1 unspecified atom stereocenters.